The maximum atomic E-state index is 6.14. The van der Waals surface area contributed by atoms with Crippen LogP contribution < -0.4 is 5.32 Å². The molecule has 88 valence electrons. The second kappa shape index (κ2) is 5.39. The Balaban J connectivity index is 2.20. The van der Waals surface area contributed by atoms with Gasteiger partial charge in [0.15, 0.2) is 0 Å². The zero-order valence-corrected chi connectivity index (χ0v) is 10.8. The molecule has 2 nitrogen and oxygen atoms in total. The van der Waals surface area contributed by atoms with Crippen LogP contribution in [0.1, 0.15) is 18.5 Å². The van der Waals surface area contributed by atoms with E-state index in [4.69, 9.17) is 23.2 Å². The Hall–Kier alpha value is -1.25. The second-order valence-electron chi connectivity index (χ2n) is 3.77. The molecule has 0 spiro atoms. The molecule has 0 aliphatic rings. The van der Waals surface area contributed by atoms with Gasteiger partial charge in [0.1, 0.15) is 0 Å². The highest BCUT2D eigenvalue weighted by Crippen LogP contribution is 2.28. The molecule has 0 fully saturated rings. The molecule has 0 amide bonds. The molecule has 0 saturated carbocycles. The van der Waals surface area contributed by atoms with Crippen molar-refractivity contribution in [1.82, 2.24) is 4.98 Å². The predicted molar refractivity (Wildman–Crippen MR) is 72.7 cm³/mol. The Kier molecular flexibility index (Phi) is 3.87. The van der Waals surface area contributed by atoms with Crippen molar-refractivity contribution in [2.75, 3.05) is 5.32 Å². The van der Waals surface area contributed by atoms with E-state index in [1.165, 1.54) is 0 Å². The molecule has 0 aliphatic carbocycles. The summed E-state index contributed by atoms with van der Waals surface area (Å²) in [5.41, 5.74) is 1.93. The summed E-state index contributed by atoms with van der Waals surface area (Å²) in [5, 5.41) is 4.71. The number of hydrogen-bond acceptors (Lipinski definition) is 2. The van der Waals surface area contributed by atoms with Gasteiger partial charge in [-0.05, 0) is 42.8 Å². The average molecular weight is 267 g/mol. The van der Waals surface area contributed by atoms with Crippen molar-refractivity contribution in [3.8, 4) is 0 Å². The molecule has 1 aromatic heterocycles. The van der Waals surface area contributed by atoms with Crippen LogP contribution in [0.25, 0.3) is 0 Å². The van der Waals surface area contributed by atoms with Gasteiger partial charge < -0.3 is 5.32 Å². The Morgan fingerprint density at radius 2 is 2.06 bits per heavy atom. The number of benzene rings is 1. The van der Waals surface area contributed by atoms with Crippen LogP contribution in [0.5, 0.6) is 0 Å². The third-order valence-electron chi connectivity index (χ3n) is 2.47. The van der Waals surface area contributed by atoms with Gasteiger partial charge in [0.2, 0.25) is 0 Å². The average Bonchev–Trinajstić information content (AvgIpc) is 2.33. The van der Waals surface area contributed by atoms with E-state index in [1.54, 1.807) is 24.5 Å². The van der Waals surface area contributed by atoms with Crippen LogP contribution in [0, 0.1) is 0 Å². The molecule has 1 heterocycles. The van der Waals surface area contributed by atoms with Crippen molar-refractivity contribution in [2.24, 2.45) is 0 Å². The minimum absolute atomic E-state index is 0.0744. The van der Waals surface area contributed by atoms with Crippen molar-refractivity contribution < 1.29 is 0 Å². The lowest BCUT2D eigenvalue weighted by Gasteiger charge is -2.16. The summed E-state index contributed by atoms with van der Waals surface area (Å²) in [5.74, 6) is 0. The highest BCUT2D eigenvalue weighted by molar-refractivity contribution is 6.33. The minimum atomic E-state index is 0.0744. The third-order valence-corrected chi connectivity index (χ3v) is 3.05. The van der Waals surface area contributed by atoms with E-state index in [0.717, 1.165) is 11.3 Å². The molecule has 1 atom stereocenters. The lowest BCUT2D eigenvalue weighted by atomic mass is 10.1. The van der Waals surface area contributed by atoms with Gasteiger partial charge in [-0.15, -0.1) is 0 Å². The van der Waals surface area contributed by atoms with Gasteiger partial charge in [-0.2, -0.15) is 0 Å². The Labute approximate surface area is 111 Å². The number of nitrogens with zero attached hydrogens (tertiary/aromatic N) is 1. The van der Waals surface area contributed by atoms with Crippen molar-refractivity contribution in [1.29, 1.82) is 0 Å². The summed E-state index contributed by atoms with van der Waals surface area (Å²) in [6.45, 7) is 2.03. The summed E-state index contributed by atoms with van der Waals surface area (Å²) < 4.78 is 0. The smallest absolute Gasteiger partial charge is 0.0531 e. The number of aromatic nitrogens is 1. The third kappa shape index (κ3) is 3.11. The summed E-state index contributed by atoms with van der Waals surface area (Å²) in [6.07, 6.45) is 3.51. The molecular weight excluding hydrogens is 255 g/mol. The van der Waals surface area contributed by atoms with Crippen molar-refractivity contribution in [3.63, 3.8) is 0 Å². The van der Waals surface area contributed by atoms with Crippen LogP contribution in [0.2, 0.25) is 10.0 Å². The first-order valence-corrected chi connectivity index (χ1v) is 6.04. The molecule has 1 N–H and O–H groups in total. The molecule has 2 rings (SSSR count). The van der Waals surface area contributed by atoms with E-state index in [0.29, 0.717) is 10.0 Å². The zero-order chi connectivity index (χ0) is 12.3. The molecule has 0 radical (unpaired) electrons. The molecule has 1 unspecified atom stereocenters. The van der Waals surface area contributed by atoms with Gasteiger partial charge in [0.25, 0.3) is 0 Å². The fourth-order valence-corrected chi connectivity index (χ4v) is 2.08. The molecule has 2 aromatic rings. The van der Waals surface area contributed by atoms with Crippen molar-refractivity contribution in [3.05, 3.63) is 58.3 Å². The highest BCUT2D eigenvalue weighted by Gasteiger charge is 2.10. The predicted octanol–water partition coefficient (Wildman–Crippen LogP) is 4.56. The first-order valence-electron chi connectivity index (χ1n) is 5.28. The van der Waals surface area contributed by atoms with Crippen LogP contribution in [-0.4, -0.2) is 4.98 Å². The first kappa shape index (κ1) is 12.2. The number of anilines is 1. The lowest BCUT2D eigenvalue weighted by molar-refractivity contribution is 0.883. The number of pyridine rings is 1. The van der Waals surface area contributed by atoms with Crippen molar-refractivity contribution in [2.45, 2.75) is 13.0 Å². The topological polar surface area (TPSA) is 24.9 Å². The fraction of sp³-hybridized carbons (Fsp3) is 0.154. The second-order valence-corrected chi connectivity index (χ2v) is 4.62. The number of nitrogens with one attached hydrogen (secondary N) is 1. The monoisotopic (exact) mass is 266 g/mol. The van der Waals surface area contributed by atoms with E-state index < -0.39 is 0 Å². The highest BCUT2D eigenvalue weighted by atomic mass is 35.5. The molecule has 0 aliphatic heterocycles. The van der Waals surface area contributed by atoms with E-state index in [-0.39, 0.29) is 6.04 Å². The standard InChI is InChI=1S/C13H12Cl2N2/c1-9(17-11-3-2-6-16-8-11)12-7-10(14)4-5-13(12)15/h2-9,17H,1H3. The Bertz CT molecular complexity index is 500. The minimum Gasteiger partial charge on any atom is -0.377 e. The summed E-state index contributed by atoms with van der Waals surface area (Å²) in [7, 11) is 0. The van der Waals surface area contributed by atoms with Gasteiger partial charge >= 0.3 is 0 Å². The Morgan fingerprint density at radius 1 is 1.24 bits per heavy atom. The van der Waals surface area contributed by atoms with Gasteiger partial charge in [0.05, 0.1) is 11.7 Å². The van der Waals surface area contributed by atoms with E-state index in [1.807, 2.05) is 25.1 Å². The van der Waals surface area contributed by atoms with Crippen LogP contribution in [0.3, 0.4) is 0 Å². The summed E-state index contributed by atoms with van der Waals surface area (Å²) >= 11 is 12.1. The molecule has 1 aromatic carbocycles. The van der Waals surface area contributed by atoms with Gasteiger partial charge in [0, 0.05) is 22.4 Å². The number of rotatable bonds is 3. The summed E-state index contributed by atoms with van der Waals surface area (Å²) in [4.78, 5) is 4.05. The van der Waals surface area contributed by atoms with Gasteiger partial charge in [-0.25, -0.2) is 0 Å². The van der Waals surface area contributed by atoms with Crippen LogP contribution in [0.4, 0.5) is 5.69 Å². The Morgan fingerprint density at radius 3 is 2.76 bits per heavy atom. The molecular formula is C13H12Cl2N2. The fourth-order valence-electron chi connectivity index (χ4n) is 1.62. The van der Waals surface area contributed by atoms with E-state index in [9.17, 15) is 0 Å². The van der Waals surface area contributed by atoms with E-state index >= 15 is 0 Å². The molecule has 4 heteroatoms. The van der Waals surface area contributed by atoms with Crippen LogP contribution in [-0.2, 0) is 0 Å². The summed E-state index contributed by atoms with van der Waals surface area (Å²) in [6, 6.07) is 9.38. The van der Waals surface area contributed by atoms with Crippen LogP contribution >= 0.6 is 23.2 Å². The number of halogens is 2. The molecule has 0 bridgehead atoms. The van der Waals surface area contributed by atoms with Gasteiger partial charge in [-0.1, -0.05) is 23.2 Å². The van der Waals surface area contributed by atoms with Crippen molar-refractivity contribution >= 4 is 28.9 Å². The van der Waals surface area contributed by atoms with Gasteiger partial charge in [-0.3, -0.25) is 4.98 Å². The van der Waals surface area contributed by atoms with E-state index in [2.05, 4.69) is 10.3 Å². The molecule has 17 heavy (non-hydrogen) atoms. The molecule has 0 saturated heterocycles. The first-order chi connectivity index (χ1) is 8.16. The SMILES string of the molecule is CC(Nc1cccnc1)c1cc(Cl)ccc1Cl. The number of hydrogen-bond donors (Lipinski definition) is 1. The zero-order valence-electron chi connectivity index (χ0n) is 9.32. The van der Waals surface area contributed by atoms with Crippen LogP contribution in [0.15, 0.2) is 42.7 Å². The maximum Gasteiger partial charge on any atom is 0.0531 e. The normalized spacial score (nSPS) is 12.2. The quantitative estimate of drug-likeness (QED) is 0.881. The maximum absolute atomic E-state index is 6.14. The lowest BCUT2D eigenvalue weighted by Crippen LogP contribution is -2.07. The largest absolute Gasteiger partial charge is 0.377 e.